The largest absolute Gasteiger partial charge is 0.476 e. The van der Waals surface area contributed by atoms with Crippen LogP contribution in [-0.2, 0) is 9.22 Å². The summed E-state index contributed by atoms with van der Waals surface area (Å²) >= 11 is 2.82. The van der Waals surface area contributed by atoms with Crippen molar-refractivity contribution in [3.05, 3.63) is 11.1 Å². The Morgan fingerprint density at radius 2 is 2.19 bits per heavy atom. The predicted octanol–water partition coefficient (Wildman–Crippen LogP) is 3.95. The van der Waals surface area contributed by atoms with Gasteiger partial charge in [-0.2, -0.15) is 0 Å². The number of thioether (sulfide) groups is 1. The second kappa shape index (κ2) is 8.41. The number of carboxylic acids is 1. The number of aromatic nitrogens is 1. The van der Waals surface area contributed by atoms with Gasteiger partial charge in [0.05, 0.1) is 12.6 Å². The highest BCUT2D eigenvalue weighted by molar-refractivity contribution is 8.01. The second-order valence-electron chi connectivity index (χ2n) is 8.00. The van der Waals surface area contributed by atoms with E-state index in [1.165, 1.54) is 23.1 Å². The summed E-state index contributed by atoms with van der Waals surface area (Å²) in [6.07, 6.45) is 1.43. The fourth-order valence-electron chi connectivity index (χ4n) is 2.45. The van der Waals surface area contributed by atoms with Crippen molar-refractivity contribution < 1.29 is 19.1 Å². The number of rotatable bonds is 8. The van der Waals surface area contributed by atoms with Crippen molar-refractivity contribution in [1.82, 2.24) is 9.88 Å². The third-order valence-corrected chi connectivity index (χ3v) is 11.7. The number of carboxylic acid groups (broad SMARTS) is 1. The van der Waals surface area contributed by atoms with Gasteiger partial charge in [0.15, 0.2) is 18.4 Å². The SMILES string of the molecule is CC(C)(C)[Si](C)(C)OC[C@H]1CCC(=O)N1CCSc1nc(C(=O)O)cs1. The molecule has 0 spiro atoms. The molecule has 6 nitrogen and oxygen atoms in total. The van der Waals surface area contributed by atoms with Crippen LogP contribution in [0.1, 0.15) is 44.1 Å². The van der Waals surface area contributed by atoms with Crippen molar-refractivity contribution in [1.29, 1.82) is 0 Å². The molecule has 1 fully saturated rings. The molecule has 1 aromatic heterocycles. The summed E-state index contributed by atoms with van der Waals surface area (Å²) in [5, 5.41) is 10.6. The van der Waals surface area contributed by atoms with E-state index < -0.39 is 14.3 Å². The fourth-order valence-corrected chi connectivity index (χ4v) is 5.30. The van der Waals surface area contributed by atoms with Crippen LogP contribution in [0.5, 0.6) is 0 Å². The molecule has 1 atom stereocenters. The number of thiazole rings is 1. The molecule has 1 N–H and O–H groups in total. The molecule has 0 bridgehead atoms. The number of carbonyl (C=O) groups is 2. The fraction of sp³-hybridized carbons (Fsp3) is 0.706. The lowest BCUT2D eigenvalue weighted by atomic mass is 10.2. The van der Waals surface area contributed by atoms with E-state index in [-0.39, 0.29) is 22.7 Å². The van der Waals surface area contributed by atoms with Gasteiger partial charge in [-0.1, -0.05) is 32.5 Å². The standard InChI is InChI=1S/C17H28N2O4S2Si/c1-17(2,3)26(4,5)23-10-12-6-7-14(20)19(12)8-9-24-16-18-13(11-25-16)15(21)22/h11-12H,6-10H2,1-5H3,(H,21,22)/t12-/m1/s1. The van der Waals surface area contributed by atoms with E-state index in [2.05, 4.69) is 38.8 Å². The van der Waals surface area contributed by atoms with Crippen molar-refractivity contribution in [3.8, 4) is 0 Å². The lowest BCUT2D eigenvalue weighted by molar-refractivity contribution is -0.129. The molecule has 1 aliphatic heterocycles. The third kappa shape index (κ3) is 5.31. The zero-order chi connectivity index (χ0) is 19.5. The van der Waals surface area contributed by atoms with Gasteiger partial charge in [0, 0.05) is 24.1 Å². The quantitative estimate of drug-likeness (QED) is 0.511. The molecule has 1 aliphatic rings. The lowest BCUT2D eigenvalue weighted by Gasteiger charge is -2.38. The van der Waals surface area contributed by atoms with E-state index >= 15 is 0 Å². The Bertz CT molecular complexity index is 657. The van der Waals surface area contributed by atoms with Crippen molar-refractivity contribution in [2.75, 3.05) is 18.9 Å². The second-order valence-corrected chi connectivity index (χ2v) is 15.0. The first-order chi connectivity index (χ1) is 12.0. The zero-order valence-corrected chi connectivity index (χ0v) is 18.7. The van der Waals surface area contributed by atoms with Crippen molar-refractivity contribution in [3.63, 3.8) is 0 Å². The smallest absolute Gasteiger partial charge is 0.355 e. The van der Waals surface area contributed by atoms with Gasteiger partial charge < -0.3 is 14.4 Å². The van der Waals surface area contributed by atoms with Crippen LogP contribution in [0.3, 0.4) is 0 Å². The van der Waals surface area contributed by atoms with E-state index in [1.54, 1.807) is 5.38 Å². The van der Waals surface area contributed by atoms with Gasteiger partial charge in [-0.05, 0) is 24.6 Å². The topological polar surface area (TPSA) is 79.7 Å². The number of hydrogen-bond donors (Lipinski definition) is 1. The molecular weight excluding hydrogens is 388 g/mol. The van der Waals surface area contributed by atoms with Crippen LogP contribution in [0, 0.1) is 0 Å². The first-order valence-corrected chi connectivity index (χ1v) is 13.5. The van der Waals surface area contributed by atoms with E-state index in [1.807, 2.05) is 4.90 Å². The Morgan fingerprint density at radius 3 is 2.77 bits per heavy atom. The molecule has 0 aromatic carbocycles. The summed E-state index contributed by atoms with van der Waals surface area (Å²) in [6, 6.07) is 0.142. The molecule has 146 valence electrons. The van der Waals surface area contributed by atoms with Gasteiger partial charge in [0.2, 0.25) is 5.91 Å². The van der Waals surface area contributed by atoms with Gasteiger partial charge in [0.25, 0.3) is 0 Å². The molecule has 1 amide bonds. The van der Waals surface area contributed by atoms with Crippen LogP contribution in [0.2, 0.25) is 18.1 Å². The number of amides is 1. The minimum absolute atomic E-state index is 0.0791. The zero-order valence-electron chi connectivity index (χ0n) is 16.1. The highest BCUT2D eigenvalue weighted by Crippen LogP contribution is 2.37. The highest BCUT2D eigenvalue weighted by atomic mass is 32.2. The summed E-state index contributed by atoms with van der Waals surface area (Å²) in [5.41, 5.74) is 0.0791. The molecule has 0 saturated carbocycles. The van der Waals surface area contributed by atoms with E-state index in [4.69, 9.17) is 9.53 Å². The maximum Gasteiger partial charge on any atom is 0.355 e. The maximum atomic E-state index is 12.2. The highest BCUT2D eigenvalue weighted by Gasteiger charge is 2.39. The summed E-state index contributed by atoms with van der Waals surface area (Å²) < 4.78 is 7.04. The number of likely N-dealkylation sites (tertiary alicyclic amines) is 1. The van der Waals surface area contributed by atoms with Gasteiger partial charge in [-0.25, -0.2) is 9.78 Å². The maximum absolute atomic E-state index is 12.2. The molecule has 0 radical (unpaired) electrons. The molecule has 2 rings (SSSR count). The normalized spacial score (nSPS) is 18.6. The van der Waals surface area contributed by atoms with Gasteiger partial charge in [0.1, 0.15) is 0 Å². The van der Waals surface area contributed by atoms with Crippen LogP contribution < -0.4 is 0 Å². The van der Waals surface area contributed by atoms with Crippen molar-refractivity contribution >= 4 is 43.3 Å². The Morgan fingerprint density at radius 1 is 1.50 bits per heavy atom. The minimum atomic E-state index is -1.82. The summed E-state index contributed by atoms with van der Waals surface area (Å²) in [6.45, 7) is 12.3. The summed E-state index contributed by atoms with van der Waals surface area (Å²) in [7, 11) is -1.82. The third-order valence-electron chi connectivity index (χ3n) is 5.16. The number of carbonyl (C=O) groups excluding carboxylic acids is 1. The van der Waals surface area contributed by atoms with Crippen LogP contribution in [0.15, 0.2) is 9.72 Å². The predicted molar refractivity (Wildman–Crippen MR) is 108 cm³/mol. The summed E-state index contributed by atoms with van der Waals surface area (Å²) in [5.74, 6) is -0.125. The van der Waals surface area contributed by atoms with Crippen LogP contribution in [0.4, 0.5) is 0 Å². The monoisotopic (exact) mass is 416 g/mol. The van der Waals surface area contributed by atoms with E-state index in [9.17, 15) is 9.59 Å². The lowest BCUT2D eigenvalue weighted by Crippen LogP contribution is -2.45. The number of aromatic carboxylic acids is 1. The average Bonchev–Trinajstić information content (AvgIpc) is 3.12. The molecule has 1 saturated heterocycles. The van der Waals surface area contributed by atoms with Gasteiger partial charge >= 0.3 is 5.97 Å². The Kier molecular flexibility index (Phi) is 6.92. The Labute approximate surface area is 164 Å². The van der Waals surface area contributed by atoms with Crippen LogP contribution in [0.25, 0.3) is 0 Å². The van der Waals surface area contributed by atoms with Gasteiger partial charge in [-0.3, -0.25) is 4.79 Å². The molecule has 0 unspecified atom stereocenters. The van der Waals surface area contributed by atoms with Crippen LogP contribution >= 0.6 is 23.1 Å². The molecular formula is C17H28N2O4S2Si. The van der Waals surface area contributed by atoms with Gasteiger partial charge in [-0.15, -0.1) is 11.3 Å². The number of nitrogens with zero attached hydrogens (tertiary/aromatic N) is 2. The molecule has 0 aliphatic carbocycles. The average molecular weight is 417 g/mol. The molecule has 1 aromatic rings. The first-order valence-electron chi connectivity index (χ1n) is 8.76. The molecule has 2 heterocycles. The van der Waals surface area contributed by atoms with E-state index in [0.29, 0.717) is 25.3 Å². The van der Waals surface area contributed by atoms with E-state index in [0.717, 1.165) is 10.8 Å². The molecule has 26 heavy (non-hydrogen) atoms. The van der Waals surface area contributed by atoms with Crippen molar-refractivity contribution in [2.24, 2.45) is 0 Å². The molecule has 9 heteroatoms. The Balaban J connectivity index is 1.86. The Hall–Kier alpha value is -0.903. The first kappa shape index (κ1) is 21.4. The van der Waals surface area contributed by atoms with Crippen LogP contribution in [-0.4, -0.2) is 60.1 Å². The number of hydrogen-bond acceptors (Lipinski definition) is 6. The summed E-state index contributed by atoms with van der Waals surface area (Å²) in [4.78, 5) is 29.1. The minimum Gasteiger partial charge on any atom is -0.476 e. The van der Waals surface area contributed by atoms with Crippen molar-refractivity contribution in [2.45, 2.75) is 62.1 Å².